The maximum atomic E-state index is 6.73. The Morgan fingerprint density at radius 2 is 1.72 bits per heavy atom. The molecule has 1 heterocycles. The summed E-state index contributed by atoms with van der Waals surface area (Å²) in [6.07, 6.45) is 2.06. The van der Waals surface area contributed by atoms with Crippen LogP contribution < -0.4 is 0 Å². The molecule has 1 aliphatic heterocycles. The first-order chi connectivity index (χ1) is 11.1. The van der Waals surface area contributed by atoms with Crippen molar-refractivity contribution in [1.82, 2.24) is 0 Å². The van der Waals surface area contributed by atoms with Gasteiger partial charge in [0.25, 0.3) is 0 Å². The van der Waals surface area contributed by atoms with E-state index >= 15 is 0 Å². The molecule has 0 aromatic heterocycles. The molecule has 25 heavy (non-hydrogen) atoms. The van der Waals surface area contributed by atoms with Crippen molar-refractivity contribution in [1.29, 1.82) is 0 Å². The van der Waals surface area contributed by atoms with E-state index in [2.05, 4.69) is 71.5 Å². The van der Waals surface area contributed by atoms with Crippen molar-refractivity contribution in [3.8, 4) is 11.5 Å². The van der Waals surface area contributed by atoms with Gasteiger partial charge < -0.3 is 13.9 Å². The van der Waals surface area contributed by atoms with Crippen LogP contribution in [0.2, 0.25) is 37.8 Å². The minimum atomic E-state index is -1.95. The van der Waals surface area contributed by atoms with Gasteiger partial charge in [0.1, 0.15) is 20.3 Å². The Morgan fingerprint density at radius 3 is 2.16 bits per heavy atom. The summed E-state index contributed by atoms with van der Waals surface area (Å²) in [6.45, 7) is 25.9. The Hall–Kier alpha value is -0.386. The van der Waals surface area contributed by atoms with E-state index in [1.54, 1.807) is 0 Å². The maximum Gasteiger partial charge on any atom is 0.192 e. The van der Waals surface area contributed by atoms with Gasteiger partial charge in [-0.15, -0.1) is 18.0 Å². The van der Waals surface area contributed by atoms with Crippen LogP contribution in [0.1, 0.15) is 41.0 Å². The molecule has 3 unspecified atom stereocenters. The normalized spacial score (nSPS) is 25.2. The summed E-state index contributed by atoms with van der Waals surface area (Å²) in [5, 5.41) is 0.135. The van der Waals surface area contributed by atoms with Crippen LogP contribution in [0.15, 0.2) is 12.7 Å². The molecule has 0 saturated carbocycles. The first-order valence-electron chi connectivity index (χ1n) is 9.24. The van der Waals surface area contributed by atoms with Crippen LogP contribution in [0.5, 0.6) is 0 Å². The van der Waals surface area contributed by atoms with E-state index in [9.17, 15) is 0 Å². The van der Waals surface area contributed by atoms with Crippen molar-refractivity contribution in [2.24, 2.45) is 0 Å². The van der Waals surface area contributed by atoms with Crippen LogP contribution in [0.25, 0.3) is 0 Å². The Balaban J connectivity index is 3.10. The van der Waals surface area contributed by atoms with E-state index in [1.165, 1.54) is 0 Å². The number of hydrogen-bond donors (Lipinski definition) is 0. The summed E-state index contributed by atoms with van der Waals surface area (Å²) in [5.74, 6) is 2.77. The molecule has 0 spiro atoms. The topological polar surface area (TPSA) is 27.7 Å². The molecule has 0 radical (unpaired) electrons. The average molecular weight is 383 g/mol. The predicted octanol–water partition coefficient (Wildman–Crippen LogP) is 5.35. The summed E-state index contributed by atoms with van der Waals surface area (Å²) in [4.78, 5) is 0. The molecule has 3 atom stereocenters. The van der Waals surface area contributed by atoms with Gasteiger partial charge in [-0.25, -0.2) is 0 Å². The lowest BCUT2D eigenvalue weighted by Gasteiger charge is -2.40. The Morgan fingerprint density at radius 1 is 1.16 bits per heavy atom. The third-order valence-electron chi connectivity index (χ3n) is 4.78. The van der Waals surface area contributed by atoms with Gasteiger partial charge in [-0.1, -0.05) is 46.5 Å². The van der Waals surface area contributed by atoms with Crippen LogP contribution >= 0.6 is 0 Å². The molecule has 0 N–H and O–H groups in total. The van der Waals surface area contributed by atoms with Crippen LogP contribution in [-0.4, -0.2) is 40.5 Å². The van der Waals surface area contributed by atoms with Gasteiger partial charge in [-0.05, 0) is 32.0 Å². The quantitative estimate of drug-likeness (QED) is 0.364. The van der Waals surface area contributed by atoms with Gasteiger partial charge in [0.2, 0.25) is 0 Å². The van der Waals surface area contributed by atoms with E-state index < -0.39 is 22.2 Å². The van der Waals surface area contributed by atoms with Crippen molar-refractivity contribution < 1.29 is 13.9 Å². The van der Waals surface area contributed by atoms with Crippen LogP contribution in [0.3, 0.4) is 0 Å². The average Bonchev–Trinajstić information content (AvgIpc) is 2.70. The standard InChI is InChI=1S/C20H38O3Si2/c1-12-16-18(22-20(5,6)21-16)17(14-13-15-24(7,8)9)23-25(10,11)19(2,3)4/h12,16-18H,1,14H2,2-11H3. The maximum absolute atomic E-state index is 6.73. The molecule has 0 bridgehead atoms. The molecule has 0 aromatic carbocycles. The molecular formula is C20H38O3Si2. The third kappa shape index (κ3) is 6.69. The molecular weight excluding hydrogens is 344 g/mol. The second kappa shape index (κ2) is 7.70. The zero-order chi connectivity index (χ0) is 19.7. The largest absolute Gasteiger partial charge is 0.410 e. The fourth-order valence-electron chi connectivity index (χ4n) is 2.48. The lowest BCUT2D eigenvalue weighted by molar-refractivity contribution is -0.152. The highest BCUT2D eigenvalue weighted by Crippen LogP contribution is 2.40. The molecule has 1 rings (SSSR count). The van der Waals surface area contributed by atoms with Crippen molar-refractivity contribution in [2.45, 2.75) is 103 Å². The Kier molecular flexibility index (Phi) is 6.97. The third-order valence-corrected chi connectivity index (χ3v) is 10.2. The highest BCUT2D eigenvalue weighted by Gasteiger charge is 2.47. The number of rotatable bonds is 5. The van der Waals surface area contributed by atoms with E-state index in [0.717, 1.165) is 0 Å². The summed E-state index contributed by atoms with van der Waals surface area (Å²) in [6, 6.07) is 0. The summed E-state index contributed by atoms with van der Waals surface area (Å²) in [5.41, 5.74) is 3.46. The molecule has 1 aliphatic rings. The molecule has 1 fully saturated rings. The minimum Gasteiger partial charge on any atom is -0.410 e. The number of hydrogen-bond acceptors (Lipinski definition) is 3. The molecule has 0 aliphatic carbocycles. The lowest BCUT2D eigenvalue weighted by atomic mass is 10.1. The van der Waals surface area contributed by atoms with Crippen LogP contribution in [-0.2, 0) is 13.9 Å². The highest BCUT2D eigenvalue weighted by atomic mass is 28.4. The molecule has 3 nitrogen and oxygen atoms in total. The second-order valence-electron chi connectivity index (χ2n) is 9.97. The van der Waals surface area contributed by atoms with Gasteiger partial charge in [-0.3, -0.25) is 0 Å². The molecule has 144 valence electrons. The minimum absolute atomic E-state index is 0.102. The fraction of sp³-hybridized carbons (Fsp3) is 0.800. The summed E-state index contributed by atoms with van der Waals surface area (Å²) < 4.78 is 18.9. The zero-order valence-electron chi connectivity index (χ0n) is 17.9. The van der Waals surface area contributed by atoms with Gasteiger partial charge in [0.15, 0.2) is 14.1 Å². The Bertz CT molecular complexity index is 530. The monoisotopic (exact) mass is 382 g/mol. The first kappa shape index (κ1) is 22.7. The van der Waals surface area contributed by atoms with E-state index in [1.807, 2.05) is 19.9 Å². The fourth-order valence-corrected chi connectivity index (χ4v) is 4.44. The summed E-state index contributed by atoms with van der Waals surface area (Å²) in [7, 11) is -3.36. The smallest absolute Gasteiger partial charge is 0.192 e. The zero-order valence-corrected chi connectivity index (χ0v) is 19.9. The molecule has 0 aromatic rings. The van der Waals surface area contributed by atoms with Crippen molar-refractivity contribution >= 4 is 16.4 Å². The van der Waals surface area contributed by atoms with Crippen LogP contribution in [0, 0.1) is 11.5 Å². The molecule has 0 amide bonds. The van der Waals surface area contributed by atoms with Crippen LogP contribution in [0.4, 0.5) is 0 Å². The van der Waals surface area contributed by atoms with Gasteiger partial charge in [0.05, 0.1) is 6.10 Å². The van der Waals surface area contributed by atoms with E-state index in [4.69, 9.17) is 13.9 Å². The van der Waals surface area contributed by atoms with Gasteiger partial charge in [-0.2, -0.15) is 0 Å². The summed E-state index contributed by atoms with van der Waals surface area (Å²) >= 11 is 0. The van der Waals surface area contributed by atoms with Crippen molar-refractivity contribution in [2.75, 3.05) is 0 Å². The number of ether oxygens (including phenoxy) is 2. The predicted molar refractivity (Wildman–Crippen MR) is 112 cm³/mol. The lowest BCUT2D eigenvalue weighted by Crippen LogP contribution is -2.49. The second-order valence-corrected chi connectivity index (χ2v) is 19.5. The SMILES string of the molecule is C=CC1OC(C)(C)OC1C(CC#C[Si](C)(C)C)O[Si](C)(C)C(C)(C)C. The Labute approximate surface area is 157 Å². The van der Waals surface area contributed by atoms with Crippen molar-refractivity contribution in [3.05, 3.63) is 12.7 Å². The van der Waals surface area contributed by atoms with Crippen molar-refractivity contribution in [3.63, 3.8) is 0 Å². The first-order valence-corrected chi connectivity index (χ1v) is 15.6. The molecule has 5 heteroatoms. The highest BCUT2D eigenvalue weighted by molar-refractivity contribution is 6.83. The van der Waals surface area contributed by atoms with Gasteiger partial charge in [0, 0.05) is 6.42 Å². The van der Waals surface area contributed by atoms with E-state index in [-0.39, 0.29) is 23.4 Å². The molecule has 1 saturated heterocycles. The van der Waals surface area contributed by atoms with Gasteiger partial charge >= 0.3 is 0 Å². The van der Waals surface area contributed by atoms with E-state index in [0.29, 0.717) is 6.42 Å².